The highest BCUT2D eigenvalue weighted by Crippen LogP contribution is 2.29. The molecule has 3 heterocycles. The summed E-state index contributed by atoms with van der Waals surface area (Å²) in [7, 11) is 0. The van der Waals surface area contributed by atoms with Crippen LogP contribution in [0.4, 0.5) is 5.69 Å². The van der Waals surface area contributed by atoms with Crippen molar-refractivity contribution in [2.45, 2.75) is 24.9 Å². The summed E-state index contributed by atoms with van der Waals surface area (Å²) in [5.41, 5.74) is 0.795. The molecule has 22 heavy (non-hydrogen) atoms. The van der Waals surface area contributed by atoms with Crippen LogP contribution in [0.25, 0.3) is 10.8 Å². The number of anilines is 1. The Morgan fingerprint density at radius 3 is 2.59 bits per heavy atom. The summed E-state index contributed by atoms with van der Waals surface area (Å²) in [6, 6.07) is 13.0. The van der Waals surface area contributed by atoms with Crippen LogP contribution in [0.1, 0.15) is 12.8 Å². The Morgan fingerprint density at radius 1 is 0.955 bits per heavy atom. The number of nitrogens with one attached hydrogen (secondary N) is 1. The van der Waals surface area contributed by atoms with E-state index >= 15 is 0 Å². The number of fused-ring (bicyclic) bond motifs is 5. The van der Waals surface area contributed by atoms with Crippen molar-refractivity contribution >= 4 is 28.3 Å². The monoisotopic (exact) mass is 292 g/mol. The van der Waals surface area contributed by atoms with Crippen LogP contribution in [0.5, 0.6) is 0 Å². The number of carbonyl (C=O) groups is 2. The molecule has 2 aromatic carbocycles. The van der Waals surface area contributed by atoms with Crippen molar-refractivity contribution in [1.29, 1.82) is 0 Å². The minimum Gasteiger partial charge on any atom is -0.342 e. The molecule has 1 N–H and O–H groups in total. The van der Waals surface area contributed by atoms with E-state index in [9.17, 15) is 9.59 Å². The van der Waals surface area contributed by atoms with Gasteiger partial charge >= 0.3 is 0 Å². The Labute approximate surface area is 128 Å². The summed E-state index contributed by atoms with van der Waals surface area (Å²) >= 11 is 0. The summed E-state index contributed by atoms with van der Waals surface area (Å²) in [5, 5.41) is 5.02. The molecule has 4 heteroatoms. The normalized spacial score (nSPS) is 24.3. The molecular weight excluding hydrogens is 276 g/mol. The van der Waals surface area contributed by atoms with E-state index in [1.165, 1.54) is 0 Å². The van der Waals surface area contributed by atoms with Crippen molar-refractivity contribution in [2.24, 2.45) is 0 Å². The predicted molar refractivity (Wildman–Crippen MR) is 85.5 cm³/mol. The van der Waals surface area contributed by atoms with Crippen LogP contribution in [0.3, 0.4) is 0 Å². The van der Waals surface area contributed by atoms with Gasteiger partial charge in [0.15, 0.2) is 0 Å². The van der Waals surface area contributed by atoms with Crippen LogP contribution >= 0.6 is 0 Å². The van der Waals surface area contributed by atoms with Gasteiger partial charge in [-0.25, -0.2) is 0 Å². The van der Waals surface area contributed by atoms with Gasteiger partial charge in [0.1, 0.15) is 12.1 Å². The summed E-state index contributed by atoms with van der Waals surface area (Å²) in [5.74, 6) is -0.0914. The van der Waals surface area contributed by atoms with Gasteiger partial charge in [0.2, 0.25) is 5.91 Å². The lowest BCUT2D eigenvalue weighted by molar-refractivity contribution is -0.133. The minimum absolute atomic E-state index is 0.0239. The molecule has 3 aliphatic rings. The van der Waals surface area contributed by atoms with Gasteiger partial charge < -0.3 is 5.32 Å². The lowest BCUT2D eigenvalue weighted by Crippen LogP contribution is -2.64. The van der Waals surface area contributed by atoms with Crippen LogP contribution < -0.4 is 10.2 Å². The third-order valence-electron chi connectivity index (χ3n) is 4.38. The minimum atomic E-state index is -0.457. The number of rotatable bonds is 1. The lowest BCUT2D eigenvalue weighted by atomic mass is 9.97. The molecule has 2 atom stereocenters. The summed E-state index contributed by atoms with van der Waals surface area (Å²) in [6.45, 7) is 0. The second-order valence-corrected chi connectivity index (χ2v) is 5.76. The fourth-order valence-corrected chi connectivity index (χ4v) is 3.23. The van der Waals surface area contributed by atoms with Crippen LogP contribution in [0.2, 0.25) is 0 Å². The van der Waals surface area contributed by atoms with Crippen LogP contribution in [-0.2, 0) is 9.59 Å². The zero-order valence-corrected chi connectivity index (χ0v) is 12.0. The third-order valence-corrected chi connectivity index (χ3v) is 4.38. The number of hydrogen-bond acceptors (Lipinski definition) is 2. The maximum atomic E-state index is 12.7. The number of carbonyl (C=O) groups excluding carboxylic acids is 2. The Hall–Kier alpha value is -2.62. The summed E-state index contributed by atoms with van der Waals surface area (Å²) < 4.78 is 0. The van der Waals surface area contributed by atoms with Crippen molar-refractivity contribution in [3.8, 4) is 0 Å². The molecule has 5 rings (SSSR count). The first-order valence-corrected chi connectivity index (χ1v) is 7.51. The van der Waals surface area contributed by atoms with E-state index < -0.39 is 12.1 Å². The molecule has 0 spiro atoms. The number of amides is 2. The highest BCUT2D eigenvalue weighted by atomic mass is 16.2. The molecule has 0 radical (unpaired) electrons. The average Bonchev–Trinajstić information content (AvgIpc) is 2.52. The SMILES string of the molecule is O=C1NC2CC=CCC1N(c1ccc3ccccc3c1)C2=O. The standard InChI is InChI=1S/C18H16N2O2/c21-17-16-8-4-3-7-15(19-17)18(22)20(16)14-10-9-12-5-1-2-6-13(12)11-14/h1-6,9-11,15-16H,7-8H2,(H,19,21). The lowest BCUT2D eigenvalue weighted by Gasteiger charge is -2.39. The molecule has 2 bridgehead atoms. The number of nitrogens with zero attached hydrogens (tertiary/aromatic N) is 1. The molecule has 1 saturated heterocycles. The van der Waals surface area contributed by atoms with E-state index in [2.05, 4.69) is 5.32 Å². The molecule has 3 aliphatic heterocycles. The van der Waals surface area contributed by atoms with Crippen molar-refractivity contribution in [1.82, 2.24) is 5.32 Å². The first-order valence-electron chi connectivity index (χ1n) is 7.51. The molecule has 110 valence electrons. The van der Waals surface area contributed by atoms with Gasteiger partial charge in [0.05, 0.1) is 0 Å². The fourth-order valence-electron chi connectivity index (χ4n) is 3.23. The summed E-state index contributed by atoms with van der Waals surface area (Å²) in [4.78, 5) is 26.7. The Bertz CT molecular complexity index is 797. The van der Waals surface area contributed by atoms with Gasteiger partial charge in [-0.3, -0.25) is 14.5 Å². The molecule has 0 aromatic heterocycles. The van der Waals surface area contributed by atoms with E-state index in [0.717, 1.165) is 16.5 Å². The smallest absolute Gasteiger partial charge is 0.250 e. The second kappa shape index (κ2) is 4.98. The number of benzene rings is 2. The van der Waals surface area contributed by atoms with Crippen molar-refractivity contribution in [2.75, 3.05) is 4.90 Å². The van der Waals surface area contributed by atoms with Gasteiger partial charge in [-0.05, 0) is 35.7 Å². The Balaban J connectivity index is 1.83. The maximum absolute atomic E-state index is 12.7. The zero-order chi connectivity index (χ0) is 15.1. The van der Waals surface area contributed by atoms with Gasteiger partial charge in [-0.1, -0.05) is 42.5 Å². The van der Waals surface area contributed by atoms with Gasteiger partial charge in [-0.2, -0.15) is 0 Å². The average molecular weight is 292 g/mol. The molecule has 2 aromatic rings. The van der Waals surface area contributed by atoms with E-state index in [-0.39, 0.29) is 11.8 Å². The molecule has 4 nitrogen and oxygen atoms in total. The topological polar surface area (TPSA) is 49.4 Å². The van der Waals surface area contributed by atoms with Crippen LogP contribution in [0, 0.1) is 0 Å². The van der Waals surface area contributed by atoms with Gasteiger partial charge in [-0.15, -0.1) is 0 Å². The summed E-state index contributed by atoms with van der Waals surface area (Å²) in [6.07, 6.45) is 5.09. The van der Waals surface area contributed by atoms with E-state index in [1.54, 1.807) is 4.90 Å². The van der Waals surface area contributed by atoms with Gasteiger partial charge in [0, 0.05) is 5.69 Å². The highest BCUT2D eigenvalue weighted by molar-refractivity contribution is 6.09. The molecule has 0 aliphatic carbocycles. The Morgan fingerprint density at radius 2 is 1.73 bits per heavy atom. The second-order valence-electron chi connectivity index (χ2n) is 5.76. The number of hydrogen-bond donors (Lipinski definition) is 1. The zero-order valence-electron chi connectivity index (χ0n) is 12.0. The molecule has 2 amide bonds. The van der Waals surface area contributed by atoms with Crippen molar-refractivity contribution < 1.29 is 9.59 Å². The molecular formula is C18H16N2O2. The Kier molecular flexibility index (Phi) is 2.96. The quantitative estimate of drug-likeness (QED) is 0.820. The first-order chi connectivity index (χ1) is 10.7. The third kappa shape index (κ3) is 1.99. The predicted octanol–water partition coefficient (Wildman–Crippen LogP) is 2.39. The van der Waals surface area contributed by atoms with Crippen LogP contribution in [0.15, 0.2) is 54.6 Å². The van der Waals surface area contributed by atoms with E-state index in [0.29, 0.717) is 12.8 Å². The first kappa shape index (κ1) is 13.1. The molecule has 1 fully saturated rings. The fraction of sp³-hybridized carbons (Fsp3) is 0.222. The maximum Gasteiger partial charge on any atom is 0.250 e. The van der Waals surface area contributed by atoms with E-state index in [1.807, 2.05) is 54.6 Å². The van der Waals surface area contributed by atoms with Gasteiger partial charge in [0.25, 0.3) is 5.91 Å². The van der Waals surface area contributed by atoms with Crippen LogP contribution in [-0.4, -0.2) is 23.9 Å². The van der Waals surface area contributed by atoms with Crippen molar-refractivity contribution in [3.05, 3.63) is 54.6 Å². The molecule has 0 saturated carbocycles. The van der Waals surface area contributed by atoms with E-state index in [4.69, 9.17) is 0 Å². The highest BCUT2D eigenvalue weighted by Gasteiger charge is 2.41. The van der Waals surface area contributed by atoms with Crippen molar-refractivity contribution in [3.63, 3.8) is 0 Å². The number of piperazine rings is 1. The largest absolute Gasteiger partial charge is 0.342 e. The molecule has 2 unspecified atom stereocenters.